The lowest BCUT2D eigenvalue weighted by atomic mass is 10.0. The van der Waals surface area contributed by atoms with Crippen LogP contribution >= 0.6 is 0 Å². The van der Waals surface area contributed by atoms with Gasteiger partial charge in [-0.1, -0.05) is 294 Å². The summed E-state index contributed by atoms with van der Waals surface area (Å²) in [5.74, 6) is -1.02. The van der Waals surface area contributed by atoms with Gasteiger partial charge in [-0.05, 0) is 135 Å². The Kier molecular flexibility index (Phi) is 64.9. The molecule has 0 rings (SSSR count). The molecule has 0 aliphatic heterocycles. The first-order valence-corrected chi connectivity index (χ1v) is 33.6. The van der Waals surface area contributed by atoms with Gasteiger partial charge in [0.2, 0.25) is 0 Å². The van der Waals surface area contributed by atoms with Crippen LogP contribution in [0.4, 0.5) is 0 Å². The molecule has 0 radical (unpaired) electrons. The average molecular weight is 1140 g/mol. The predicted molar refractivity (Wildman–Crippen MR) is 361 cm³/mol. The second-order valence-corrected chi connectivity index (χ2v) is 21.6. The van der Waals surface area contributed by atoms with Gasteiger partial charge in [-0.25, -0.2) is 0 Å². The Bertz CT molecular complexity index is 1890. The van der Waals surface area contributed by atoms with Crippen molar-refractivity contribution in [2.24, 2.45) is 0 Å². The summed E-state index contributed by atoms with van der Waals surface area (Å²) in [4.78, 5) is 38.4. The number of esters is 3. The van der Waals surface area contributed by atoms with E-state index in [0.717, 1.165) is 135 Å². The first-order valence-electron chi connectivity index (χ1n) is 33.6. The average Bonchev–Trinajstić information content (AvgIpc) is 3.49. The molecule has 0 saturated carbocycles. The van der Waals surface area contributed by atoms with E-state index in [9.17, 15) is 14.4 Å². The van der Waals surface area contributed by atoms with Crippen LogP contribution in [0, 0.1) is 0 Å². The number of hydrogen-bond donors (Lipinski definition) is 0. The Hall–Kier alpha value is -5.23. The molecular weight excluding hydrogens is 1020 g/mol. The van der Waals surface area contributed by atoms with Crippen molar-refractivity contribution in [3.63, 3.8) is 0 Å². The Morgan fingerprint density at radius 1 is 0.241 bits per heavy atom. The quantitative estimate of drug-likeness (QED) is 0.0261. The minimum Gasteiger partial charge on any atom is -0.462 e. The number of ether oxygens (including phenoxy) is 3. The number of hydrogen-bond acceptors (Lipinski definition) is 6. The van der Waals surface area contributed by atoms with Crippen LogP contribution in [0.3, 0.4) is 0 Å². The zero-order valence-corrected chi connectivity index (χ0v) is 53.4. The van der Waals surface area contributed by atoms with Crippen molar-refractivity contribution in [1.29, 1.82) is 0 Å². The van der Waals surface area contributed by atoms with E-state index >= 15 is 0 Å². The van der Waals surface area contributed by atoms with Gasteiger partial charge in [-0.3, -0.25) is 14.4 Å². The van der Waals surface area contributed by atoms with Gasteiger partial charge in [-0.2, -0.15) is 0 Å². The highest BCUT2D eigenvalue weighted by molar-refractivity contribution is 5.71. The second-order valence-electron chi connectivity index (χ2n) is 21.6. The zero-order valence-electron chi connectivity index (χ0n) is 53.4. The molecule has 0 aromatic heterocycles. The minimum absolute atomic E-state index is 0.118. The van der Waals surface area contributed by atoms with Crippen molar-refractivity contribution in [3.05, 3.63) is 170 Å². The highest BCUT2D eigenvalue weighted by Crippen LogP contribution is 2.15. The van der Waals surface area contributed by atoms with Gasteiger partial charge in [0.05, 0.1) is 0 Å². The molecule has 0 saturated heterocycles. The van der Waals surface area contributed by atoms with Crippen molar-refractivity contribution >= 4 is 17.9 Å². The molecule has 83 heavy (non-hydrogen) atoms. The van der Waals surface area contributed by atoms with E-state index in [4.69, 9.17) is 14.2 Å². The smallest absolute Gasteiger partial charge is 0.306 e. The maximum atomic E-state index is 12.9. The summed E-state index contributed by atoms with van der Waals surface area (Å²) in [5.41, 5.74) is 0. The first-order chi connectivity index (χ1) is 41.0. The number of carbonyl (C=O) groups is 3. The summed E-state index contributed by atoms with van der Waals surface area (Å²) in [6.07, 6.45) is 102. The fourth-order valence-corrected chi connectivity index (χ4v) is 8.80. The lowest BCUT2D eigenvalue weighted by Gasteiger charge is -2.18. The number of carbonyl (C=O) groups excluding carboxylic acids is 3. The standard InChI is InChI=1S/C77H122O6/c1-4-7-10-13-16-19-22-25-28-31-33-34-35-36-37-38-39-40-41-42-44-46-49-52-55-58-61-64-67-70-76(79)82-73-74(72-81-75(78)69-66-63-60-57-54-51-48-45-30-27-24-21-18-15-12-9-6-3)83-77(80)71-68-65-62-59-56-53-50-47-43-32-29-26-23-20-17-14-11-8-5-2/h7-12,16-21,25-30,33-34,36-37,43,47,53,56,62,65,74H,4-6,13-15,22-24,31-32,35,38-42,44-46,48-52,54-55,57-61,63-64,66-73H2,1-3H3/b10-7-,11-8-,12-9-,19-16-,20-17-,21-18-,28-25-,29-26-,30-27-,34-33-,37-36-,47-43-,56-53-,65-62-. The summed E-state index contributed by atoms with van der Waals surface area (Å²) >= 11 is 0. The van der Waals surface area contributed by atoms with Gasteiger partial charge in [0.25, 0.3) is 0 Å². The van der Waals surface area contributed by atoms with Crippen LogP contribution in [0.25, 0.3) is 0 Å². The Labute approximate surface area is 511 Å². The molecule has 0 aromatic carbocycles. The van der Waals surface area contributed by atoms with E-state index in [1.807, 2.05) is 6.08 Å². The van der Waals surface area contributed by atoms with Crippen LogP contribution < -0.4 is 0 Å². The fraction of sp³-hybridized carbons (Fsp3) is 0.597. The molecule has 1 atom stereocenters. The third kappa shape index (κ3) is 67.4. The summed E-state index contributed by atoms with van der Waals surface area (Å²) in [7, 11) is 0. The molecule has 1 unspecified atom stereocenters. The van der Waals surface area contributed by atoms with Crippen molar-refractivity contribution in [1.82, 2.24) is 0 Å². The Balaban J connectivity index is 4.43. The lowest BCUT2D eigenvalue weighted by molar-refractivity contribution is -0.166. The summed E-state index contributed by atoms with van der Waals surface area (Å²) < 4.78 is 16.9. The summed E-state index contributed by atoms with van der Waals surface area (Å²) in [5, 5.41) is 0. The Morgan fingerprint density at radius 2 is 0.458 bits per heavy atom. The molecule has 0 aromatic rings. The lowest BCUT2D eigenvalue weighted by Crippen LogP contribution is -2.30. The molecule has 0 spiro atoms. The molecule has 6 heteroatoms. The molecule has 0 fully saturated rings. The van der Waals surface area contributed by atoms with Gasteiger partial charge in [0.1, 0.15) is 13.2 Å². The van der Waals surface area contributed by atoms with Gasteiger partial charge in [0, 0.05) is 19.3 Å². The van der Waals surface area contributed by atoms with Crippen molar-refractivity contribution in [2.75, 3.05) is 13.2 Å². The topological polar surface area (TPSA) is 78.9 Å². The highest BCUT2D eigenvalue weighted by Gasteiger charge is 2.19. The van der Waals surface area contributed by atoms with Crippen LogP contribution in [0.1, 0.15) is 278 Å². The third-order valence-electron chi connectivity index (χ3n) is 13.7. The molecule has 0 amide bonds. The van der Waals surface area contributed by atoms with Crippen molar-refractivity contribution in [2.45, 2.75) is 284 Å². The normalized spacial score (nSPS) is 13.2. The van der Waals surface area contributed by atoms with E-state index in [1.54, 1.807) is 0 Å². The van der Waals surface area contributed by atoms with Crippen molar-refractivity contribution < 1.29 is 28.6 Å². The van der Waals surface area contributed by atoms with E-state index in [0.29, 0.717) is 19.3 Å². The molecular formula is C77H122O6. The highest BCUT2D eigenvalue weighted by atomic mass is 16.6. The van der Waals surface area contributed by atoms with Gasteiger partial charge in [-0.15, -0.1) is 0 Å². The summed E-state index contributed by atoms with van der Waals surface area (Å²) in [6, 6.07) is 0. The van der Waals surface area contributed by atoms with E-state index in [1.165, 1.54) is 96.3 Å². The predicted octanol–water partition coefficient (Wildman–Crippen LogP) is 23.4. The van der Waals surface area contributed by atoms with Crippen LogP contribution in [0.15, 0.2) is 170 Å². The minimum atomic E-state index is -0.833. The van der Waals surface area contributed by atoms with Crippen LogP contribution in [-0.2, 0) is 28.6 Å². The molecule has 6 nitrogen and oxygen atoms in total. The molecule has 0 aliphatic carbocycles. The molecule has 0 heterocycles. The Morgan fingerprint density at radius 3 is 0.723 bits per heavy atom. The van der Waals surface area contributed by atoms with Crippen LogP contribution in [0.2, 0.25) is 0 Å². The van der Waals surface area contributed by atoms with Crippen LogP contribution in [0.5, 0.6) is 0 Å². The molecule has 0 aliphatic rings. The van der Waals surface area contributed by atoms with E-state index in [-0.39, 0.29) is 31.6 Å². The largest absolute Gasteiger partial charge is 0.462 e. The second kappa shape index (κ2) is 69.3. The van der Waals surface area contributed by atoms with Gasteiger partial charge >= 0.3 is 17.9 Å². The molecule has 0 N–H and O–H groups in total. The number of allylic oxidation sites excluding steroid dienone is 28. The van der Waals surface area contributed by atoms with Crippen LogP contribution in [-0.4, -0.2) is 37.2 Å². The monoisotopic (exact) mass is 1140 g/mol. The van der Waals surface area contributed by atoms with E-state index in [2.05, 4.69) is 185 Å². The zero-order chi connectivity index (χ0) is 59.9. The SMILES string of the molecule is CC/C=C\C/C=C\C/C=C\C/C=C\C/C=C\C/C=C\CCC(=O)OC(COC(=O)CCCCCCCCC/C=C\C/C=C\C/C=C\CC)COC(=O)CCCCCCCCCCCCCCC/C=C\C/C=C\C/C=C\C/C=C\C/C=C\CC. The third-order valence-corrected chi connectivity index (χ3v) is 13.7. The first kappa shape index (κ1) is 77.8. The van der Waals surface area contributed by atoms with E-state index < -0.39 is 12.1 Å². The maximum Gasteiger partial charge on any atom is 0.306 e. The van der Waals surface area contributed by atoms with Gasteiger partial charge < -0.3 is 14.2 Å². The number of rotatable bonds is 59. The van der Waals surface area contributed by atoms with Crippen molar-refractivity contribution in [3.8, 4) is 0 Å². The molecule has 466 valence electrons. The molecule has 0 bridgehead atoms. The fourth-order valence-electron chi connectivity index (χ4n) is 8.80. The number of unbranched alkanes of at least 4 members (excludes halogenated alkanes) is 20. The summed E-state index contributed by atoms with van der Waals surface area (Å²) in [6.45, 7) is 6.24. The van der Waals surface area contributed by atoms with Gasteiger partial charge in [0.15, 0.2) is 6.10 Å². The maximum absolute atomic E-state index is 12.9.